The highest BCUT2D eigenvalue weighted by Crippen LogP contribution is 2.30. The molecule has 5 heteroatoms. The number of phenols is 1. The Bertz CT molecular complexity index is 462. The molecule has 0 bridgehead atoms. The van der Waals surface area contributed by atoms with E-state index in [9.17, 15) is 5.11 Å². The zero-order chi connectivity index (χ0) is 16.7. The molecule has 0 amide bonds. The molecular formula is C16H27NO4. The molecular weight excluding hydrogens is 270 g/mol. The lowest BCUT2D eigenvalue weighted by atomic mass is 9.82. The topological polar surface area (TPSA) is 82.3 Å². The number of rotatable bonds is 4. The van der Waals surface area contributed by atoms with Crippen molar-refractivity contribution in [1.82, 2.24) is 0 Å². The molecule has 0 aromatic heterocycles. The van der Waals surface area contributed by atoms with E-state index in [0.29, 0.717) is 5.75 Å². The summed E-state index contributed by atoms with van der Waals surface area (Å²) in [5, 5.41) is 21.5. The van der Waals surface area contributed by atoms with Crippen molar-refractivity contribution in [3.05, 3.63) is 23.8 Å². The van der Waals surface area contributed by atoms with Crippen molar-refractivity contribution in [2.75, 3.05) is 7.11 Å². The van der Waals surface area contributed by atoms with Crippen LogP contribution in [0.2, 0.25) is 0 Å². The maximum Gasteiger partial charge on any atom is 0.161 e. The van der Waals surface area contributed by atoms with Gasteiger partial charge in [-0.25, -0.2) is 0 Å². The van der Waals surface area contributed by atoms with Gasteiger partial charge in [0, 0.05) is 6.21 Å². The fourth-order valence-electron chi connectivity index (χ4n) is 2.37. The van der Waals surface area contributed by atoms with Crippen LogP contribution in [0.3, 0.4) is 0 Å². The van der Waals surface area contributed by atoms with Gasteiger partial charge in [0.1, 0.15) is 0 Å². The molecule has 0 unspecified atom stereocenters. The Kier molecular flexibility index (Phi) is 7.39. The summed E-state index contributed by atoms with van der Waals surface area (Å²) in [7, 11) is 1.54. The van der Waals surface area contributed by atoms with E-state index >= 15 is 0 Å². The molecule has 0 heterocycles. The third-order valence-electron chi connectivity index (χ3n) is 2.73. The molecule has 1 aromatic carbocycles. The summed E-state index contributed by atoms with van der Waals surface area (Å²) < 4.78 is 5.09. The summed E-state index contributed by atoms with van der Waals surface area (Å²) in [5.74, 6) is 0.617. The normalized spacial score (nSPS) is 12.0. The molecule has 0 aliphatic heterocycles. The fraction of sp³-hybridized carbons (Fsp3) is 0.562. The molecule has 1 rings (SSSR count). The molecule has 0 spiro atoms. The van der Waals surface area contributed by atoms with Crippen LogP contribution in [0.1, 0.15) is 46.6 Å². The highest BCUT2D eigenvalue weighted by Gasteiger charge is 2.23. The number of aliphatic imine (C=N–C) groups is 1. The van der Waals surface area contributed by atoms with Crippen molar-refractivity contribution in [3.8, 4) is 11.5 Å². The third kappa shape index (κ3) is 7.68. The van der Waals surface area contributed by atoms with Gasteiger partial charge in [0.15, 0.2) is 11.5 Å². The van der Waals surface area contributed by atoms with E-state index in [1.165, 1.54) is 0 Å². The van der Waals surface area contributed by atoms with Crippen LogP contribution in [0.4, 0.5) is 0 Å². The average molecular weight is 297 g/mol. The Morgan fingerprint density at radius 3 is 2.19 bits per heavy atom. The molecule has 5 nitrogen and oxygen atoms in total. The number of phenolic OH excluding ortho intramolecular Hbond substituents is 1. The van der Waals surface area contributed by atoms with E-state index in [4.69, 9.17) is 15.3 Å². The molecule has 0 aliphatic rings. The van der Waals surface area contributed by atoms with Crippen LogP contribution in [-0.4, -0.2) is 34.5 Å². The smallest absolute Gasteiger partial charge is 0.161 e. The molecule has 1 aromatic rings. The Morgan fingerprint density at radius 1 is 1.14 bits per heavy atom. The summed E-state index contributed by atoms with van der Waals surface area (Å²) in [5.41, 5.74) is 1.06. The molecule has 0 atom stereocenters. The number of hydrogen-bond acceptors (Lipinski definition) is 5. The highest BCUT2D eigenvalue weighted by atomic mass is 17.0. The number of nitrogens with zero attached hydrogens (tertiary/aromatic N) is 1. The number of hydrogen-bond donors (Lipinski definition) is 3. The zero-order valence-electron chi connectivity index (χ0n) is 13.7. The quantitative estimate of drug-likeness (QED) is 0.445. The van der Waals surface area contributed by atoms with Crippen LogP contribution in [0.15, 0.2) is 23.2 Å². The Labute approximate surface area is 126 Å². The fourth-order valence-corrected chi connectivity index (χ4v) is 2.37. The predicted octanol–water partition coefficient (Wildman–Crippen LogP) is 4.05. The van der Waals surface area contributed by atoms with Gasteiger partial charge >= 0.3 is 0 Å². The monoisotopic (exact) mass is 297 g/mol. The average Bonchev–Trinajstić information content (AvgIpc) is 2.37. The van der Waals surface area contributed by atoms with E-state index in [1.54, 1.807) is 19.2 Å². The minimum Gasteiger partial charge on any atom is -0.504 e. The van der Waals surface area contributed by atoms with Gasteiger partial charge in [-0.3, -0.25) is 15.5 Å². The summed E-state index contributed by atoms with van der Waals surface area (Å²) in [6.45, 7) is 10.9. The van der Waals surface area contributed by atoms with Crippen molar-refractivity contribution in [2.24, 2.45) is 10.4 Å². The van der Waals surface area contributed by atoms with Crippen molar-refractivity contribution >= 4 is 6.21 Å². The third-order valence-corrected chi connectivity index (χ3v) is 2.73. The second-order valence-electron chi connectivity index (χ2n) is 6.74. The Balaban J connectivity index is 0.00000191. The van der Waals surface area contributed by atoms with Crippen molar-refractivity contribution in [3.63, 3.8) is 0 Å². The van der Waals surface area contributed by atoms with Gasteiger partial charge in [-0.05, 0) is 49.4 Å². The first kappa shape index (κ1) is 19.4. The lowest BCUT2D eigenvalue weighted by Gasteiger charge is -2.29. The van der Waals surface area contributed by atoms with Crippen LogP contribution in [0.25, 0.3) is 0 Å². The first-order valence-corrected chi connectivity index (χ1v) is 6.75. The van der Waals surface area contributed by atoms with Crippen LogP contribution in [-0.2, 0) is 0 Å². The second kappa shape index (κ2) is 8.00. The molecule has 0 saturated carbocycles. The maximum absolute atomic E-state index is 9.55. The molecule has 0 aliphatic carbocycles. The highest BCUT2D eigenvalue weighted by molar-refractivity contribution is 5.81. The molecule has 120 valence electrons. The van der Waals surface area contributed by atoms with Gasteiger partial charge in [0.25, 0.3) is 0 Å². The molecule has 21 heavy (non-hydrogen) atoms. The second-order valence-corrected chi connectivity index (χ2v) is 6.74. The van der Waals surface area contributed by atoms with E-state index in [0.717, 1.165) is 12.0 Å². The first-order chi connectivity index (χ1) is 9.63. The SMILES string of the molecule is COc1cc(C=NC(C)(C)CC(C)(C)C)ccc1O.OO. The van der Waals surface area contributed by atoms with E-state index in [1.807, 2.05) is 12.3 Å². The van der Waals surface area contributed by atoms with Crippen molar-refractivity contribution in [1.29, 1.82) is 0 Å². The van der Waals surface area contributed by atoms with E-state index < -0.39 is 0 Å². The van der Waals surface area contributed by atoms with Crippen LogP contribution in [0, 0.1) is 5.41 Å². The van der Waals surface area contributed by atoms with Gasteiger partial charge < -0.3 is 9.84 Å². The minimum absolute atomic E-state index is 0.108. The first-order valence-electron chi connectivity index (χ1n) is 6.75. The summed E-state index contributed by atoms with van der Waals surface area (Å²) in [4.78, 5) is 4.65. The predicted molar refractivity (Wildman–Crippen MR) is 85.7 cm³/mol. The number of ether oxygens (including phenoxy) is 1. The summed E-state index contributed by atoms with van der Waals surface area (Å²) in [6, 6.07) is 5.23. The van der Waals surface area contributed by atoms with Gasteiger partial charge in [-0.15, -0.1) is 0 Å². The number of aromatic hydroxyl groups is 1. The van der Waals surface area contributed by atoms with Crippen LogP contribution in [0.5, 0.6) is 11.5 Å². The van der Waals surface area contributed by atoms with Crippen molar-refractivity contribution < 1.29 is 20.4 Å². The van der Waals surface area contributed by atoms with Crippen molar-refractivity contribution in [2.45, 2.75) is 46.6 Å². The Hall–Kier alpha value is -1.59. The zero-order valence-corrected chi connectivity index (χ0v) is 13.7. The standard InChI is InChI=1S/C16H25NO2.H2O2/c1-15(2,3)11-16(4,5)17-10-12-7-8-13(18)14(9-12)19-6;1-2/h7-10,18H,11H2,1-6H3;1-2H. The summed E-state index contributed by atoms with van der Waals surface area (Å²) >= 11 is 0. The van der Waals surface area contributed by atoms with E-state index in [-0.39, 0.29) is 16.7 Å². The summed E-state index contributed by atoms with van der Waals surface area (Å²) in [6.07, 6.45) is 2.85. The lowest BCUT2D eigenvalue weighted by Crippen LogP contribution is -2.25. The minimum atomic E-state index is -0.108. The molecule has 0 fully saturated rings. The molecule has 3 N–H and O–H groups in total. The van der Waals surface area contributed by atoms with Crippen LogP contribution < -0.4 is 4.74 Å². The number of benzene rings is 1. The largest absolute Gasteiger partial charge is 0.504 e. The molecule has 0 radical (unpaired) electrons. The van der Waals surface area contributed by atoms with Crippen LogP contribution >= 0.6 is 0 Å². The van der Waals surface area contributed by atoms with E-state index in [2.05, 4.69) is 39.6 Å². The Morgan fingerprint density at radius 2 is 1.71 bits per heavy atom. The van der Waals surface area contributed by atoms with Gasteiger partial charge in [0.05, 0.1) is 12.6 Å². The molecule has 0 saturated heterocycles. The number of methoxy groups -OCH3 is 1. The van der Waals surface area contributed by atoms with Gasteiger partial charge in [-0.2, -0.15) is 0 Å². The van der Waals surface area contributed by atoms with Gasteiger partial charge in [-0.1, -0.05) is 20.8 Å². The van der Waals surface area contributed by atoms with Gasteiger partial charge in [0.2, 0.25) is 0 Å². The lowest BCUT2D eigenvalue weighted by molar-refractivity contribution is -0.176. The maximum atomic E-state index is 9.55.